The van der Waals surface area contributed by atoms with Gasteiger partial charge in [0.05, 0.1) is 19.2 Å². The number of hydrogen-bond donors (Lipinski definition) is 0. The van der Waals surface area contributed by atoms with Gasteiger partial charge in [0.2, 0.25) is 0 Å². The zero-order chi connectivity index (χ0) is 25.2. The molecule has 38 heavy (non-hydrogen) atoms. The molecule has 204 valence electrons. The molecule has 0 atom stereocenters. The maximum absolute atomic E-state index is 11.8. The number of pyridine rings is 2. The highest BCUT2D eigenvalue weighted by Gasteiger charge is 2.10. The monoisotopic (exact) mass is 557 g/mol. The van der Waals surface area contributed by atoms with Crippen LogP contribution in [0.1, 0.15) is 30.4 Å². The number of ether oxygens (including phenoxy) is 2. The molecule has 8 heteroatoms. The third-order valence-corrected chi connectivity index (χ3v) is 6.51. The summed E-state index contributed by atoms with van der Waals surface area (Å²) in [6.45, 7) is 3.53. The molecule has 0 aliphatic carbocycles. The highest BCUT2D eigenvalue weighted by molar-refractivity contribution is 5.85. The Kier molecular flexibility index (Phi) is 13.1. The molecule has 0 fully saturated rings. The highest BCUT2D eigenvalue weighted by Crippen LogP contribution is 2.21. The van der Waals surface area contributed by atoms with Gasteiger partial charge in [-0.15, -0.1) is 24.8 Å². The van der Waals surface area contributed by atoms with Gasteiger partial charge in [-0.1, -0.05) is 24.3 Å². The first-order valence-corrected chi connectivity index (χ1v) is 12.6. The number of nitrogens with zero attached hydrogens (tertiary/aromatic N) is 3. The quantitative estimate of drug-likeness (QED) is 0.186. The van der Waals surface area contributed by atoms with Crippen molar-refractivity contribution in [3.05, 3.63) is 101 Å². The first-order chi connectivity index (χ1) is 17.6. The summed E-state index contributed by atoms with van der Waals surface area (Å²) < 4.78 is 13.2. The maximum atomic E-state index is 11.8. The van der Waals surface area contributed by atoms with Crippen LogP contribution in [0.25, 0.3) is 10.9 Å². The first-order valence-electron chi connectivity index (χ1n) is 12.6. The van der Waals surface area contributed by atoms with Crippen molar-refractivity contribution in [3.63, 3.8) is 0 Å². The lowest BCUT2D eigenvalue weighted by Crippen LogP contribution is -2.27. The molecule has 4 aromatic rings. The van der Waals surface area contributed by atoms with Crippen molar-refractivity contribution in [1.29, 1.82) is 0 Å². The minimum Gasteiger partial charge on any atom is -0.496 e. The van der Waals surface area contributed by atoms with Gasteiger partial charge in [-0.05, 0) is 74.2 Å². The Labute approximate surface area is 237 Å². The van der Waals surface area contributed by atoms with Crippen molar-refractivity contribution in [2.45, 2.75) is 32.2 Å². The number of halogens is 2. The molecule has 2 heterocycles. The van der Waals surface area contributed by atoms with E-state index in [0.29, 0.717) is 6.61 Å². The average molecular weight is 559 g/mol. The Morgan fingerprint density at radius 2 is 1.76 bits per heavy atom. The Hall–Kier alpha value is -3.06. The second kappa shape index (κ2) is 16.0. The van der Waals surface area contributed by atoms with Crippen molar-refractivity contribution in [2.75, 3.05) is 26.8 Å². The van der Waals surface area contributed by atoms with E-state index in [1.54, 1.807) is 24.8 Å². The third kappa shape index (κ3) is 8.76. The molecule has 0 bridgehead atoms. The fourth-order valence-electron chi connectivity index (χ4n) is 4.43. The molecule has 0 aliphatic rings. The van der Waals surface area contributed by atoms with E-state index >= 15 is 0 Å². The van der Waals surface area contributed by atoms with Gasteiger partial charge in [-0.2, -0.15) is 0 Å². The van der Waals surface area contributed by atoms with E-state index in [-0.39, 0.29) is 30.4 Å². The summed E-state index contributed by atoms with van der Waals surface area (Å²) in [5.74, 6) is 1.78. The molecule has 0 N–H and O–H groups in total. The summed E-state index contributed by atoms with van der Waals surface area (Å²) >= 11 is 0. The van der Waals surface area contributed by atoms with Gasteiger partial charge in [-0.25, -0.2) is 0 Å². The molecule has 0 saturated carbocycles. The standard InChI is InChI=1S/C30H35N3O3.2ClH/c1-32-28-14-13-27(21-25(28)12-15-30(32)34)36-20-7-3-6-18-33(19-16-24-9-8-17-31-22-24)23-26-10-4-5-11-29(26)35-2;;/h4-5,8-15,17,21-22H,3,6-7,16,18-20,23H2,1-2H3;2*1H. The molecule has 2 aromatic carbocycles. The van der Waals surface area contributed by atoms with E-state index in [9.17, 15) is 4.79 Å². The van der Waals surface area contributed by atoms with Crippen molar-refractivity contribution >= 4 is 35.7 Å². The van der Waals surface area contributed by atoms with Crippen molar-refractivity contribution in [1.82, 2.24) is 14.5 Å². The first kappa shape index (κ1) is 31.2. The lowest BCUT2D eigenvalue weighted by atomic mass is 10.1. The van der Waals surface area contributed by atoms with Gasteiger partial charge in [0.15, 0.2) is 0 Å². The number of fused-ring (bicyclic) bond motifs is 1. The number of unbranched alkanes of at least 4 members (excludes halogenated alkanes) is 2. The fraction of sp³-hybridized carbons (Fsp3) is 0.333. The number of rotatable bonds is 13. The Morgan fingerprint density at radius 1 is 0.921 bits per heavy atom. The number of benzene rings is 2. The van der Waals surface area contributed by atoms with Gasteiger partial charge in [0.25, 0.3) is 5.56 Å². The summed E-state index contributed by atoms with van der Waals surface area (Å²) in [6.07, 6.45) is 7.93. The molecular weight excluding hydrogens is 521 g/mol. The lowest BCUT2D eigenvalue weighted by molar-refractivity contribution is 0.250. The number of para-hydroxylation sites is 1. The molecular formula is C30H37Cl2N3O3. The number of hydrogen-bond acceptors (Lipinski definition) is 5. The SMILES string of the molecule is COc1ccccc1CN(CCCCCOc1ccc2c(ccc(=O)n2C)c1)CCc1cccnc1.Cl.Cl. The fourth-order valence-corrected chi connectivity index (χ4v) is 4.43. The average Bonchev–Trinajstić information content (AvgIpc) is 2.92. The van der Waals surface area contributed by atoms with Crippen LogP contribution in [0.5, 0.6) is 11.5 Å². The molecule has 4 rings (SSSR count). The topological polar surface area (TPSA) is 56.6 Å². The molecule has 0 aliphatic heterocycles. The van der Waals surface area contributed by atoms with Crippen LogP contribution in [0.3, 0.4) is 0 Å². The number of aromatic nitrogens is 2. The van der Waals surface area contributed by atoms with Crippen LogP contribution in [0.15, 0.2) is 83.9 Å². The molecule has 0 amide bonds. The van der Waals surface area contributed by atoms with Crippen LogP contribution in [-0.4, -0.2) is 41.3 Å². The number of methoxy groups -OCH3 is 1. The highest BCUT2D eigenvalue weighted by atomic mass is 35.5. The van der Waals surface area contributed by atoms with E-state index in [1.807, 2.05) is 54.9 Å². The van der Waals surface area contributed by atoms with Gasteiger partial charge >= 0.3 is 0 Å². The molecule has 6 nitrogen and oxygen atoms in total. The Bertz CT molecular complexity index is 1320. The zero-order valence-corrected chi connectivity index (χ0v) is 23.7. The minimum absolute atomic E-state index is 0. The normalized spacial score (nSPS) is 10.6. The number of aryl methyl sites for hydroxylation is 1. The van der Waals surface area contributed by atoms with E-state index in [1.165, 1.54) is 11.1 Å². The molecule has 0 unspecified atom stereocenters. The summed E-state index contributed by atoms with van der Waals surface area (Å²) in [6, 6.07) is 21.7. The predicted molar refractivity (Wildman–Crippen MR) is 159 cm³/mol. The molecule has 2 aromatic heterocycles. The molecule has 0 spiro atoms. The summed E-state index contributed by atoms with van der Waals surface area (Å²) in [5.41, 5.74) is 3.38. The maximum Gasteiger partial charge on any atom is 0.250 e. The van der Waals surface area contributed by atoms with Crippen molar-refractivity contribution in [2.24, 2.45) is 7.05 Å². The van der Waals surface area contributed by atoms with E-state index < -0.39 is 0 Å². The van der Waals surface area contributed by atoms with Crippen molar-refractivity contribution in [3.8, 4) is 11.5 Å². The van der Waals surface area contributed by atoms with Gasteiger partial charge in [0.1, 0.15) is 11.5 Å². The van der Waals surface area contributed by atoms with Crippen LogP contribution in [0.4, 0.5) is 0 Å². The predicted octanol–water partition coefficient (Wildman–Crippen LogP) is 6.08. The van der Waals surface area contributed by atoms with Gasteiger partial charge in [0, 0.05) is 49.5 Å². The Balaban J connectivity index is 0.00000253. The van der Waals surface area contributed by atoms with Crippen LogP contribution >= 0.6 is 24.8 Å². The molecule has 0 radical (unpaired) electrons. The lowest BCUT2D eigenvalue weighted by Gasteiger charge is -2.23. The van der Waals surface area contributed by atoms with Crippen LogP contribution in [0, 0.1) is 0 Å². The summed E-state index contributed by atoms with van der Waals surface area (Å²) in [4.78, 5) is 18.6. The third-order valence-electron chi connectivity index (χ3n) is 6.51. The van der Waals surface area contributed by atoms with Gasteiger partial charge in [-0.3, -0.25) is 14.7 Å². The van der Waals surface area contributed by atoms with E-state index in [0.717, 1.165) is 67.7 Å². The largest absolute Gasteiger partial charge is 0.496 e. The zero-order valence-electron chi connectivity index (χ0n) is 22.0. The van der Waals surface area contributed by atoms with Crippen LogP contribution in [-0.2, 0) is 20.0 Å². The Morgan fingerprint density at radius 3 is 2.55 bits per heavy atom. The van der Waals surface area contributed by atoms with Gasteiger partial charge < -0.3 is 14.0 Å². The smallest absolute Gasteiger partial charge is 0.250 e. The van der Waals surface area contributed by atoms with Crippen molar-refractivity contribution < 1.29 is 9.47 Å². The summed E-state index contributed by atoms with van der Waals surface area (Å²) in [7, 11) is 3.52. The minimum atomic E-state index is -0.00337. The van der Waals surface area contributed by atoms with E-state index in [4.69, 9.17) is 9.47 Å². The van der Waals surface area contributed by atoms with E-state index in [2.05, 4.69) is 28.1 Å². The van der Waals surface area contributed by atoms with Crippen LogP contribution < -0.4 is 15.0 Å². The second-order valence-corrected chi connectivity index (χ2v) is 9.06. The second-order valence-electron chi connectivity index (χ2n) is 9.06. The molecule has 0 saturated heterocycles. The summed E-state index contributed by atoms with van der Waals surface area (Å²) in [5, 5.41) is 1.01. The van der Waals surface area contributed by atoms with Crippen LogP contribution in [0.2, 0.25) is 0 Å².